The first-order chi connectivity index (χ1) is 20.0. The Labute approximate surface area is 255 Å². The van der Waals surface area contributed by atoms with Gasteiger partial charge in [0.25, 0.3) is 5.91 Å². The Kier molecular flexibility index (Phi) is 11.7. The van der Waals surface area contributed by atoms with E-state index in [9.17, 15) is 9.59 Å². The molecule has 0 aromatic heterocycles. The van der Waals surface area contributed by atoms with Crippen LogP contribution in [0.3, 0.4) is 0 Å². The number of amides is 3. The van der Waals surface area contributed by atoms with E-state index in [4.69, 9.17) is 14.2 Å². The monoisotopic (exact) mass is 600 g/mol. The highest BCUT2D eigenvalue weighted by Crippen LogP contribution is 2.32. The first-order valence-corrected chi connectivity index (χ1v) is 15.2. The van der Waals surface area contributed by atoms with Gasteiger partial charge in [0, 0.05) is 50.0 Å². The van der Waals surface area contributed by atoms with Gasteiger partial charge in [-0.3, -0.25) is 4.79 Å². The number of morpholine rings is 1. The van der Waals surface area contributed by atoms with Crippen molar-refractivity contribution in [2.75, 3.05) is 64.6 Å². The molecular formula is C32H45ClN4O5. The van der Waals surface area contributed by atoms with Crippen molar-refractivity contribution in [3.05, 3.63) is 53.6 Å². The number of urea groups is 1. The molecule has 2 saturated heterocycles. The lowest BCUT2D eigenvalue weighted by Gasteiger charge is -2.39. The molecule has 1 atom stereocenters. The zero-order valence-electron chi connectivity index (χ0n) is 24.9. The summed E-state index contributed by atoms with van der Waals surface area (Å²) in [7, 11) is 0. The maximum Gasteiger partial charge on any atom is 0.320 e. The molecule has 3 aliphatic heterocycles. The van der Waals surface area contributed by atoms with E-state index in [1.165, 1.54) is 12.0 Å². The molecule has 0 radical (unpaired) electrons. The number of benzene rings is 2. The molecule has 9 nitrogen and oxygen atoms in total. The van der Waals surface area contributed by atoms with E-state index in [1.807, 2.05) is 21.9 Å². The van der Waals surface area contributed by atoms with Crippen LogP contribution in [0.5, 0.6) is 11.5 Å². The number of fused-ring (bicyclic) bond motifs is 1. The van der Waals surface area contributed by atoms with Gasteiger partial charge in [-0.05, 0) is 81.0 Å². The lowest BCUT2D eigenvalue weighted by Crippen LogP contribution is -2.51. The number of anilines is 1. The third-order valence-electron chi connectivity index (χ3n) is 8.43. The van der Waals surface area contributed by atoms with Crippen molar-refractivity contribution >= 4 is 30.0 Å². The minimum atomic E-state index is -0.170. The van der Waals surface area contributed by atoms with Crippen LogP contribution in [0.1, 0.15) is 55.5 Å². The number of carbonyl (C=O) groups is 2. The largest absolute Gasteiger partial charge is 0.454 e. The third-order valence-corrected chi connectivity index (χ3v) is 8.43. The Bertz CT molecular complexity index is 1180. The zero-order chi connectivity index (χ0) is 28.6. The van der Waals surface area contributed by atoms with E-state index < -0.39 is 0 Å². The molecule has 2 fully saturated rings. The number of hydrogen-bond acceptors (Lipinski definition) is 6. The van der Waals surface area contributed by atoms with Crippen LogP contribution in [0.4, 0.5) is 10.5 Å². The fourth-order valence-electron chi connectivity index (χ4n) is 5.93. The number of hydrogen-bond donors (Lipinski definition) is 1. The molecule has 1 N–H and O–H groups in total. The molecular weight excluding hydrogens is 556 g/mol. The van der Waals surface area contributed by atoms with E-state index in [2.05, 4.69) is 36.2 Å². The molecule has 3 amide bonds. The highest BCUT2D eigenvalue weighted by Gasteiger charge is 2.29. The van der Waals surface area contributed by atoms with E-state index >= 15 is 0 Å². The average Bonchev–Trinajstić information content (AvgIpc) is 3.48. The second kappa shape index (κ2) is 15.5. The van der Waals surface area contributed by atoms with Crippen LogP contribution < -0.4 is 14.8 Å². The number of carbonyl (C=O) groups excluding carboxylic acids is 2. The van der Waals surface area contributed by atoms with Gasteiger partial charge in [0.05, 0.1) is 13.2 Å². The topological polar surface area (TPSA) is 83.6 Å². The van der Waals surface area contributed by atoms with Crippen molar-refractivity contribution in [2.24, 2.45) is 5.92 Å². The number of rotatable bonds is 10. The van der Waals surface area contributed by atoms with Crippen molar-refractivity contribution in [1.82, 2.24) is 14.7 Å². The lowest BCUT2D eigenvalue weighted by molar-refractivity contribution is 0.0386. The van der Waals surface area contributed by atoms with E-state index in [-0.39, 0.29) is 31.1 Å². The first kappa shape index (κ1) is 31.9. The van der Waals surface area contributed by atoms with Gasteiger partial charge in [0.1, 0.15) is 0 Å². The van der Waals surface area contributed by atoms with E-state index in [0.29, 0.717) is 55.3 Å². The number of ether oxygens (including phenoxy) is 3. The van der Waals surface area contributed by atoms with Crippen molar-refractivity contribution in [3.8, 4) is 11.5 Å². The minimum absolute atomic E-state index is 0. The van der Waals surface area contributed by atoms with Gasteiger partial charge in [-0.15, -0.1) is 12.4 Å². The third kappa shape index (κ3) is 8.30. The molecule has 2 aromatic rings. The first-order valence-electron chi connectivity index (χ1n) is 15.2. The van der Waals surface area contributed by atoms with E-state index in [1.54, 1.807) is 18.2 Å². The molecule has 10 heteroatoms. The standard InChI is InChI=1S/C32H44N4O5.ClH/c1-3-4-12-36(22-25-10-13-34(14-11-25)32(38)35-15-17-39-18-16-35)24(2)19-26-6-5-7-28(20-26)33-31(37)27-8-9-29-30(21-27)41-23-40-29;/h5-9,20-21,24-25H,3-4,10-19,22-23H2,1-2H3,(H,33,37);1H. The Morgan fingerprint density at radius 1 is 1.00 bits per heavy atom. The van der Waals surface area contributed by atoms with Gasteiger partial charge in [-0.25, -0.2) is 4.79 Å². The number of likely N-dealkylation sites (tertiary alicyclic amines) is 1. The quantitative estimate of drug-likeness (QED) is 0.399. The summed E-state index contributed by atoms with van der Waals surface area (Å²) < 4.78 is 16.2. The molecule has 0 saturated carbocycles. The van der Waals surface area contributed by atoms with E-state index in [0.717, 1.165) is 57.5 Å². The van der Waals surface area contributed by atoms with Crippen LogP contribution >= 0.6 is 12.4 Å². The predicted octanol–water partition coefficient (Wildman–Crippen LogP) is 5.29. The van der Waals surface area contributed by atoms with Crippen molar-refractivity contribution in [3.63, 3.8) is 0 Å². The second-order valence-electron chi connectivity index (χ2n) is 11.4. The molecule has 2 aromatic carbocycles. The van der Waals surface area contributed by atoms with Crippen LogP contribution in [0.15, 0.2) is 42.5 Å². The van der Waals surface area contributed by atoms with Crippen molar-refractivity contribution < 1.29 is 23.8 Å². The van der Waals surface area contributed by atoms with Gasteiger partial charge in [-0.2, -0.15) is 0 Å². The molecule has 1 unspecified atom stereocenters. The van der Waals surface area contributed by atoms with Gasteiger partial charge in [0.2, 0.25) is 6.79 Å². The summed E-state index contributed by atoms with van der Waals surface area (Å²) in [4.78, 5) is 32.4. The summed E-state index contributed by atoms with van der Waals surface area (Å²) in [6, 6.07) is 13.9. The molecule has 0 spiro atoms. The normalized spacial score (nSPS) is 17.6. The fraction of sp³-hybridized carbons (Fsp3) is 0.562. The van der Waals surface area contributed by atoms with Crippen LogP contribution in [-0.4, -0.2) is 92.0 Å². The number of piperidine rings is 1. The summed E-state index contributed by atoms with van der Waals surface area (Å²) in [6.45, 7) is 11.2. The number of halogens is 1. The average molecular weight is 601 g/mol. The molecule has 230 valence electrons. The molecule has 0 bridgehead atoms. The van der Waals surface area contributed by atoms with Crippen LogP contribution in [0.25, 0.3) is 0 Å². The fourth-order valence-corrected chi connectivity index (χ4v) is 5.93. The predicted molar refractivity (Wildman–Crippen MR) is 166 cm³/mol. The molecule has 3 heterocycles. The summed E-state index contributed by atoms with van der Waals surface area (Å²) in [5, 5.41) is 3.04. The summed E-state index contributed by atoms with van der Waals surface area (Å²) in [6.07, 6.45) is 5.34. The molecule has 5 rings (SSSR count). The Balaban J connectivity index is 0.00000405. The van der Waals surface area contributed by atoms with Gasteiger partial charge < -0.3 is 34.2 Å². The summed E-state index contributed by atoms with van der Waals surface area (Å²) in [5.41, 5.74) is 2.53. The second-order valence-corrected chi connectivity index (χ2v) is 11.4. The summed E-state index contributed by atoms with van der Waals surface area (Å²) in [5.74, 6) is 1.69. The minimum Gasteiger partial charge on any atom is -0.454 e. The number of nitrogens with one attached hydrogen (secondary N) is 1. The maximum atomic E-state index is 12.9. The maximum absolute atomic E-state index is 12.9. The summed E-state index contributed by atoms with van der Waals surface area (Å²) >= 11 is 0. The van der Waals surface area contributed by atoms with Gasteiger partial charge >= 0.3 is 6.03 Å². The van der Waals surface area contributed by atoms with Crippen LogP contribution in [0.2, 0.25) is 0 Å². The lowest BCUT2D eigenvalue weighted by atomic mass is 9.94. The van der Waals surface area contributed by atoms with Crippen molar-refractivity contribution in [2.45, 2.75) is 52.0 Å². The van der Waals surface area contributed by atoms with Crippen molar-refractivity contribution in [1.29, 1.82) is 0 Å². The highest BCUT2D eigenvalue weighted by atomic mass is 35.5. The zero-order valence-corrected chi connectivity index (χ0v) is 25.7. The Hall–Kier alpha value is -3.01. The SMILES string of the molecule is CCCCN(CC1CCN(C(=O)N2CCOCC2)CC1)C(C)Cc1cccc(NC(=O)c2ccc3c(c2)OCO3)c1.Cl. The van der Waals surface area contributed by atoms with Gasteiger partial charge in [0.15, 0.2) is 11.5 Å². The van der Waals surface area contributed by atoms with Crippen LogP contribution in [-0.2, 0) is 11.2 Å². The molecule has 42 heavy (non-hydrogen) atoms. The molecule has 0 aliphatic carbocycles. The van der Waals surface area contributed by atoms with Crippen LogP contribution in [0, 0.1) is 5.92 Å². The number of unbranched alkanes of at least 4 members (excludes halogenated alkanes) is 1. The van der Waals surface area contributed by atoms with Gasteiger partial charge in [-0.1, -0.05) is 25.5 Å². The Morgan fingerprint density at radius 3 is 2.50 bits per heavy atom. The molecule has 3 aliphatic rings. The number of nitrogens with zero attached hydrogens (tertiary/aromatic N) is 3. The highest BCUT2D eigenvalue weighted by molar-refractivity contribution is 6.04. The smallest absolute Gasteiger partial charge is 0.320 e. The Morgan fingerprint density at radius 2 is 1.74 bits per heavy atom.